The lowest BCUT2D eigenvalue weighted by atomic mass is 9.91. The minimum Gasteiger partial charge on any atom is -0.333 e. The van der Waals surface area contributed by atoms with Gasteiger partial charge in [-0.15, -0.1) is 0 Å². The molecular weight excluding hydrogens is 933 g/mol. The molecule has 14 rings (SSSR count). The van der Waals surface area contributed by atoms with E-state index >= 15 is 0 Å². The van der Waals surface area contributed by atoms with Crippen LogP contribution in [0.4, 0.5) is 28.4 Å². The molecule has 0 N–H and O–H groups in total. The van der Waals surface area contributed by atoms with Crippen molar-refractivity contribution in [3.05, 3.63) is 303 Å². The maximum Gasteiger partial charge on any atom is 0.0585 e. The number of para-hydroxylation sites is 3. The van der Waals surface area contributed by atoms with Gasteiger partial charge in [0.05, 0.1) is 17.1 Å². The van der Waals surface area contributed by atoms with Crippen molar-refractivity contribution in [3.8, 4) is 27.9 Å². The van der Waals surface area contributed by atoms with Gasteiger partial charge in [-0.3, -0.25) is 0 Å². The van der Waals surface area contributed by atoms with E-state index in [9.17, 15) is 0 Å². The van der Waals surface area contributed by atoms with Gasteiger partial charge in [0.1, 0.15) is 0 Å². The minimum absolute atomic E-state index is 0.234. The van der Waals surface area contributed by atoms with Crippen molar-refractivity contribution in [3.63, 3.8) is 0 Å². The van der Waals surface area contributed by atoms with E-state index in [0.717, 1.165) is 57.4 Å². The number of anilines is 5. The average Bonchev–Trinajstić information content (AvgIpc) is 4.11. The number of fused-ring (bicyclic) bond motifs is 6. The molecule has 368 valence electrons. The predicted molar refractivity (Wildman–Crippen MR) is 325 cm³/mol. The van der Waals surface area contributed by atoms with Crippen LogP contribution in [0, 0.1) is 5.92 Å². The molecule has 2 aliphatic carbocycles. The Morgan fingerprint density at radius 2 is 0.831 bits per heavy atom. The van der Waals surface area contributed by atoms with Crippen LogP contribution in [-0.4, -0.2) is 9.13 Å². The maximum atomic E-state index is 2.53. The molecule has 10 aromatic carbocycles. The summed E-state index contributed by atoms with van der Waals surface area (Å²) >= 11 is 0. The molecule has 0 radical (unpaired) electrons. The molecule has 12 aromatic rings. The summed E-state index contributed by atoms with van der Waals surface area (Å²) in [6, 6.07) is 91.3. The number of aromatic nitrogens is 2. The lowest BCUT2D eigenvalue weighted by Gasteiger charge is -2.29. The van der Waals surface area contributed by atoms with Gasteiger partial charge in [0.2, 0.25) is 0 Å². The Hall–Kier alpha value is -9.64. The van der Waals surface area contributed by atoms with E-state index in [1.165, 1.54) is 60.3 Å². The van der Waals surface area contributed by atoms with E-state index < -0.39 is 0 Å². The molecule has 0 aliphatic heterocycles. The maximum absolute atomic E-state index is 2.53. The SMILES string of the molecule is CC1C=CC=CC1n1c2ccccc2c2cc(N(c3ccc(-c4ccccc4)cc3)c3ccc(-c4ccc(N(C5=CCC(c6ccccc6)C=C5)c5ccc6c(c5)c5ccccc5n6-c5ccccc5)cc4)cc3)ccc21. The highest BCUT2D eigenvalue weighted by molar-refractivity contribution is 6.11. The van der Waals surface area contributed by atoms with Crippen LogP contribution in [0.25, 0.3) is 71.6 Å². The van der Waals surface area contributed by atoms with Crippen molar-refractivity contribution in [2.45, 2.75) is 25.3 Å². The van der Waals surface area contributed by atoms with Crippen LogP contribution in [0.1, 0.15) is 30.9 Å². The third-order valence-electron chi connectivity index (χ3n) is 15.9. The third kappa shape index (κ3) is 8.36. The topological polar surface area (TPSA) is 16.3 Å². The van der Waals surface area contributed by atoms with Gasteiger partial charge >= 0.3 is 0 Å². The molecule has 0 fully saturated rings. The number of hydrogen-bond donors (Lipinski definition) is 0. The molecular formula is C73H56N4. The van der Waals surface area contributed by atoms with Gasteiger partial charge in [-0.1, -0.05) is 195 Å². The van der Waals surface area contributed by atoms with Crippen molar-refractivity contribution in [1.82, 2.24) is 9.13 Å². The highest BCUT2D eigenvalue weighted by atomic mass is 15.2. The van der Waals surface area contributed by atoms with Crippen LogP contribution in [0.5, 0.6) is 0 Å². The first kappa shape index (κ1) is 45.9. The van der Waals surface area contributed by atoms with Crippen LogP contribution >= 0.6 is 0 Å². The molecule has 0 saturated heterocycles. The fourth-order valence-corrected chi connectivity index (χ4v) is 12.1. The first-order chi connectivity index (χ1) is 38.1. The smallest absolute Gasteiger partial charge is 0.0585 e. The Balaban J connectivity index is 0.831. The average molecular weight is 989 g/mol. The van der Waals surface area contributed by atoms with Crippen molar-refractivity contribution in [2.75, 3.05) is 9.80 Å². The van der Waals surface area contributed by atoms with Crippen LogP contribution in [0.3, 0.4) is 0 Å². The van der Waals surface area contributed by atoms with Gasteiger partial charge in [-0.05, 0) is 143 Å². The molecule has 0 bridgehead atoms. The summed E-state index contributed by atoms with van der Waals surface area (Å²) in [5, 5.41) is 4.97. The normalized spacial score (nSPS) is 16.1. The summed E-state index contributed by atoms with van der Waals surface area (Å²) in [7, 11) is 0. The van der Waals surface area contributed by atoms with E-state index in [1.807, 2.05) is 0 Å². The Morgan fingerprint density at radius 1 is 0.377 bits per heavy atom. The molecule has 2 aliphatic rings. The van der Waals surface area contributed by atoms with Gasteiger partial charge in [0.25, 0.3) is 0 Å². The Bertz CT molecular complexity index is 4240. The monoisotopic (exact) mass is 988 g/mol. The Morgan fingerprint density at radius 3 is 1.44 bits per heavy atom. The summed E-state index contributed by atoms with van der Waals surface area (Å²) in [6.07, 6.45) is 17.0. The second kappa shape index (κ2) is 19.6. The molecule has 77 heavy (non-hydrogen) atoms. The summed E-state index contributed by atoms with van der Waals surface area (Å²) < 4.78 is 4.92. The van der Waals surface area contributed by atoms with E-state index in [2.05, 4.69) is 317 Å². The largest absolute Gasteiger partial charge is 0.333 e. The first-order valence-electron chi connectivity index (χ1n) is 27.0. The number of rotatable bonds is 11. The molecule has 0 spiro atoms. The Labute approximate surface area is 450 Å². The second-order valence-electron chi connectivity index (χ2n) is 20.5. The molecule has 4 nitrogen and oxygen atoms in total. The number of benzene rings is 10. The predicted octanol–water partition coefficient (Wildman–Crippen LogP) is 19.8. The van der Waals surface area contributed by atoms with Gasteiger partial charge in [0, 0.05) is 78.3 Å². The highest BCUT2D eigenvalue weighted by Gasteiger charge is 2.24. The highest BCUT2D eigenvalue weighted by Crippen LogP contribution is 2.44. The van der Waals surface area contributed by atoms with Gasteiger partial charge < -0.3 is 18.9 Å². The first-order valence-corrected chi connectivity index (χ1v) is 27.0. The molecule has 0 amide bonds. The molecule has 3 atom stereocenters. The fourth-order valence-electron chi connectivity index (χ4n) is 12.1. The molecule has 4 heteroatoms. The molecule has 2 aromatic heterocycles. The number of hydrogen-bond acceptors (Lipinski definition) is 2. The molecule has 3 unspecified atom stereocenters. The third-order valence-corrected chi connectivity index (χ3v) is 15.9. The van der Waals surface area contributed by atoms with Crippen molar-refractivity contribution in [2.24, 2.45) is 5.92 Å². The van der Waals surface area contributed by atoms with Crippen LogP contribution < -0.4 is 9.80 Å². The van der Waals surface area contributed by atoms with E-state index in [1.54, 1.807) is 0 Å². The zero-order valence-electron chi connectivity index (χ0n) is 42.9. The minimum atomic E-state index is 0.234. The molecule has 0 saturated carbocycles. The van der Waals surface area contributed by atoms with Gasteiger partial charge in [0.15, 0.2) is 0 Å². The van der Waals surface area contributed by atoms with Crippen molar-refractivity contribution < 1.29 is 0 Å². The van der Waals surface area contributed by atoms with Crippen LogP contribution in [0.15, 0.2) is 297 Å². The summed E-state index contributed by atoms with van der Waals surface area (Å²) in [5.41, 5.74) is 18.8. The zero-order valence-corrected chi connectivity index (χ0v) is 42.9. The lowest BCUT2D eigenvalue weighted by molar-refractivity contribution is 0.510. The van der Waals surface area contributed by atoms with E-state index in [-0.39, 0.29) is 6.04 Å². The lowest BCUT2D eigenvalue weighted by Crippen LogP contribution is -2.17. The molecule has 2 heterocycles. The van der Waals surface area contributed by atoms with Crippen LogP contribution in [0.2, 0.25) is 0 Å². The summed E-state index contributed by atoms with van der Waals surface area (Å²) in [6.45, 7) is 2.31. The summed E-state index contributed by atoms with van der Waals surface area (Å²) in [4.78, 5) is 4.83. The number of allylic oxidation sites excluding steroid dienone is 7. The standard InChI is InChI=1S/C73H56N4/c1-51-17-11-14-26-69(51)77-71-28-16-13-25-66(71)68-50-64(46-48-73(68)77)75(60-39-31-55(32-40-60)53-20-7-3-8-21-53)62-43-35-57(36-44-62)56-33-41-61(42-34-56)74(59-37-29-54(30-38-59)52-18-5-2-6-19-52)63-45-47-72-67(49-63)65-24-12-15-27-70(65)76(72)58-22-9-4-10-23-58/h2-29,31-51,54,69H,30H2,1H3. The van der Waals surface area contributed by atoms with Gasteiger partial charge in [-0.25, -0.2) is 0 Å². The summed E-state index contributed by atoms with van der Waals surface area (Å²) in [5.74, 6) is 0.709. The Kier molecular flexibility index (Phi) is 11.7. The van der Waals surface area contributed by atoms with Crippen molar-refractivity contribution >= 4 is 72.0 Å². The van der Waals surface area contributed by atoms with E-state index in [4.69, 9.17) is 0 Å². The fraction of sp³-hybridized carbons (Fsp3) is 0.0685. The van der Waals surface area contributed by atoms with Gasteiger partial charge in [-0.2, -0.15) is 0 Å². The number of nitrogens with zero attached hydrogens (tertiary/aromatic N) is 4. The quantitative estimate of drug-likeness (QED) is 0.128. The van der Waals surface area contributed by atoms with Crippen molar-refractivity contribution in [1.29, 1.82) is 0 Å². The van der Waals surface area contributed by atoms with E-state index in [0.29, 0.717) is 11.8 Å². The van der Waals surface area contributed by atoms with Crippen LogP contribution in [-0.2, 0) is 0 Å². The second-order valence-corrected chi connectivity index (χ2v) is 20.5. The zero-order chi connectivity index (χ0) is 51.2.